The van der Waals surface area contributed by atoms with Crippen LogP contribution in [0.3, 0.4) is 0 Å². The third-order valence-electron chi connectivity index (χ3n) is 4.19. The van der Waals surface area contributed by atoms with E-state index in [1.807, 2.05) is 0 Å². The fourth-order valence-corrected chi connectivity index (χ4v) is 4.11. The molecule has 0 saturated carbocycles. The average molecular weight is 439 g/mol. The number of hydrogen-bond donors (Lipinski definition) is 0. The molecule has 29 heavy (non-hydrogen) atoms. The Morgan fingerprint density at radius 3 is 2.14 bits per heavy atom. The summed E-state index contributed by atoms with van der Waals surface area (Å²) in [5.41, 5.74) is 0.149. The monoisotopic (exact) mass is 438 g/mol. The molecule has 3 aromatic rings. The Hall–Kier alpha value is -2.59. The summed E-state index contributed by atoms with van der Waals surface area (Å²) in [6, 6.07) is 11.0. The second-order valence-corrected chi connectivity index (χ2v) is 8.37. The first kappa shape index (κ1) is 21.1. The van der Waals surface area contributed by atoms with Crippen LogP contribution in [0.5, 0.6) is 0 Å². The first-order valence-electron chi connectivity index (χ1n) is 8.49. The Balaban J connectivity index is 1.95. The van der Waals surface area contributed by atoms with Crippen LogP contribution < -0.4 is 0 Å². The summed E-state index contributed by atoms with van der Waals surface area (Å²) < 4.78 is 36.6. The maximum absolute atomic E-state index is 13.2. The molecule has 2 heterocycles. The number of halogens is 1. The molecule has 154 valence electrons. The minimum absolute atomic E-state index is 0.0194. The van der Waals surface area contributed by atoms with Crippen LogP contribution in [0.1, 0.15) is 21.9 Å². The number of sulfonamides is 1. The molecule has 0 aliphatic heterocycles. The van der Waals surface area contributed by atoms with Gasteiger partial charge in [-0.05, 0) is 42.5 Å². The molecule has 0 radical (unpaired) electrons. The predicted octanol–water partition coefficient (Wildman–Crippen LogP) is 3.55. The summed E-state index contributed by atoms with van der Waals surface area (Å²) >= 11 is 6.08. The number of nitrogens with zero attached hydrogens (tertiary/aromatic N) is 2. The average Bonchev–Trinajstić information content (AvgIpc) is 3.40. The van der Waals surface area contributed by atoms with Gasteiger partial charge < -0.3 is 13.7 Å². The number of furan rings is 2. The number of amides is 1. The quantitative estimate of drug-likeness (QED) is 0.499. The highest BCUT2D eigenvalue weighted by atomic mass is 35.5. The van der Waals surface area contributed by atoms with Crippen molar-refractivity contribution in [3.8, 4) is 0 Å². The second kappa shape index (κ2) is 8.83. The van der Waals surface area contributed by atoms with E-state index in [9.17, 15) is 13.2 Å². The lowest BCUT2D eigenvalue weighted by Crippen LogP contribution is -2.30. The number of rotatable bonds is 8. The van der Waals surface area contributed by atoms with E-state index in [1.165, 1.54) is 49.8 Å². The lowest BCUT2D eigenvalue weighted by Gasteiger charge is -2.21. The summed E-state index contributed by atoms with van der Waals surface area (Å²) in [5, 5.41) is -0.0194. The fraction of sp³-hybridized carbons (Fsp3) is 0.211. The molecule has 3 rings (SSSR count). The van der Waals surface area contributed by atoms with Gasteiger partial charge in [-0.15, -0.1) is 0 Å². The Labute approximate surface area is 173 Å². The van der Waals surface area contributed by atoms with Crippen molar-refractivity contribution in [2.45, 2.75) is 18.0 Å². The minimum atomic E-state index is -4.03. The van der Waals surface area contributed by atoms with Crippen LogP contribution >= 0.6 is 11.6 Å². The molecular weight excluding hydrogens is 420 g/mol. The summed E-state index contributed by atoms with van der Waals surface area (Å²) in [5.74, 6) is 0.739. The summed E-state index contributed by atoms with van der Waals surface area (Å²) in [6.45, 7) is 0.352. The van der Waals surface area contributed by atoms with E-state index in [2.05, 4.69) is 0 Å². The van der Waals surface area contributed by atoms with E-state index in [-0.39, 0.29) is 28.6 Å². The van der Waals surface area contributed by atoms with Gasteiger partial charge in [0, 0.05) is 12.6 Å². The third-order valence-corrected chi connectivity index (χ3v) is 6.35. The molecule has 0 saturated heterocycles. The minimum Gasteiger partial charge on any atom is -0.467 e. The van der Waals surface area contributed by atoms with Gasteiger partial charge in [0.1, 0.15) is 16.4 Å². The van der Waals surface area contributed by atoms with E-state index < -0.39 is 15.9 Å². The normalized spacial score (nSPS) is 11.7. The molecule has 0 bridgehead atoms. The SMILES string of the molecule is CON(C)S(=O)(=O)c1cc(C(=O)N(Cc2ccco2)Cc2ccco2)ccc1Cl. The molecule has 1 amide bonds. The van der Waals surface area contributed by atoms with Crippen molar-refractivity contribution in [2.75, 3.05) is 14.2 Å². The Bertz CT molecular complexity index is 1030. The van der Waals surface area contributed by atoms with Gasteiger partial charge in [0.2, 0.25) is 0 Å². The Morgan fingerprint density at radius 2 is 1.66 bits per heavy atom. The highest BCUT2D eigenvalue weighted by molar-refractivity contribution is 7.89. The molecule has 10 heteroatoms. The molecule has 0 atom stereocenters. The van der Waals surface area contributed by atoms with E-state index in [0.29, 0.717) is 16.0 Å². The van der Waals surface area contributed by atoms with E-state index in [0.717, 1.165) is 0 Å². The summed E-state index contributed by atoms with van der Waals surface area (Å²) in [4.78, 5) is 19.2. The molecule has 8 nitrogen and oxygen atoms in total. The van der Waals surface area contributed by atoms with E-state index in [1.54, 1.807) is 24.3 Å². The Morgan fingerprint density at radius 1 is 1.07 bits per heavy atom. The highest BCUT2D eigenvalue weighted by Crippen LogP contribution is 2.26. The van der Waals surface area contributed by atoms with Gasteiger partial charge in [0.15, 0.2) is 0 Å². The van der Waals surface area contributed by atoms with Crippen LogP contribution in [-0.4, -0.2) is 37.9 Å². The van der Waals surface area contributed by atoms with Gasteiger partial charge in [-0.3, -0.25) is 9.63 Å². The molecule has 0 aliphatic carbocycles. The van der Waals surface area contributed by atoms with Crippen LogP contribution in [0.15, 0.2) is 68.7 Å². The van der Waals surface area contributed by atoms with Crippen LogP contribution in [0.2, 0.25) is 5.02 Å². The van der Waals surface area contributed by atoms with Gasteiger partial charge in [-0.25, -0.2) is 8.42 Å². The third kappa shape index (κ3) is 4.70. The lowest BCUT2D eigenvalue weighted by atomic mass is 10.2. The van der Waals surface area contributed by atoms with Crippen LogP contribution in [0.25, 0.3) is 0 Å². The molecule has 0 aliphatic rings. The molecular formula is C19H19ClN2O6S. The molecule has 0 fully saturated rings. The van der Waals surface area contributed by atoms with Crippen molar-refractivity contribution in [2.24, 2.45) is 0 Å². The van der Waals surface area contributed by atoms with Crippen molar-refractivity contribution in [3.63, 3.8) is 0 Å². The number of benzene rings is 1. The number of carbonyl (C=O) groups is 1. The number of hydroxylamine groups is 1. The van der Waals surface area contributed by atoms with Crippen LogP contribution in [0.4, 0.5) is 0 Å². The van der Waals surface area contributed by atoms with Gasteiger partial charge in [-0.1, -0.05) is 16.1 Å². The molecule has 0 spiro atoms. The maximum Gasteiger partial charge on any atom is 0.266 e. The number of carbonyl (C=O) groups excluding carboxylic acids is 1. The maximum atomic E-state index is 13.2. The smallest absolute Gasteiger partial charge is 0.266 e. The van der Waals surface area contributed by atoms with E-state index in [4.69, 9.17) is 25.3 Å². The zero-order valence-electron chi connectivity index (χ0n) is 15.7. The van der Waals surface area contributed by atoms with Crippen molar-refractivity contribution < 1.29 is 26.9 Å². The van der Waals surface area contributed by atoms with Crippen molar-refractivity contribution in [1.82, 2.24) is 9.37 Å². The highest BCUT2D eigenvalue weighted by Gasteiger charge is 2.27. The summed E-state index contributed by atoms with van der Waals surface area (Å²) in [7, 11) is -1.58. The van der Waals surface area contributed by atoms with Crippen LogP contribution in [-0.2, 0) is 28.0 Å². The zero-order valence-corrected chi connectivity index (χ0v) is 17.3. The van der Waals surface area contributed by atoms with Crippen molar-refractivity contribution in [3.05, 3.63) is 77.1 Å². The van der Waals surface area contributed by atoms with Crippen molar-refractivity contribution in [1.29, 1.82) is 0 Å². The predicted molar refractivity (Wildman–Crippen MR) is 104 cm³/mol. The van der Waals surface area contributed by atoms with Gasteiger partial charge in [0.05, 0.1) is 37.7 Å². The zero-order chi connectivity index (χ0) is 21.0. The largest absolute Gasteiger partial charge is 0.467 e. The first-order valence-corrected chi connectivity index (χ1v) is 10.3. The first-order chi connectivity index (χ1) is 13.8. The van der Waals surface area contributed by atoms with Gasteiger partial charge in [0.25, 0.3) is 15.9 Å². The molecule has 0 unspecified atom stereocenters. The lowest BCUT2D eigenvalue weighted by molar-refractivity contribution is -0.0258. The van der Waals surface area contributed by atoms with Gasteiger partial charge in [-0.2, -0.15) is 0 Å². The molecule has 0 N–H and O–H groups in total. The van der Waals surface area contributed by atoms with E-state index >= 15 is 0 Å². The number of hydrogen-bond acceptors (Lipinski definition) is 6. The Kier molecular flexibility index (Phi) is 6.43. The van der Waals surface area contributed by atoms with Crippen LogP contribution in [0, 0.1) is 0 Å². The summed E-state index contributed by atoms with van der Waals surface area (Å²) in [6.07, 6.45) is 3.02. The molecule has 2 aromatic heterocycles. The van der Waals surface area contributed by atoms with Gasteiger partial charge >= 0.3 is 0 Å². The van der Waals surface area contributed by atoms with Crippen molar-refractivity contribution >= 4 is 27.5 Å². The fourth-order valence-electron chi connectivity index (χ4n) is 2.63. The second-order valence-electron chi connectivity index (χ2n) is 6.06. The standard InChI is InChI=1S/C19H19ClN2O6S/c1-21(26-2)29(24,25)18-11-14(7-8-17(18)20)19(23)22(12-15-5-3-9-27-15)13-16-6-4-10-28-16/h3-11H,12-13H2,1-2H3. The topological polar surface area (TPSA) is 93.2 Å². The molecule has 1 aromatic carbocycles.